The topological polar surface area (TPSA) is 121 Å². The molecule has 32 heavy (non-hydrogen) atoms. The van der Waals surface area contributed by atoms with Crippen molar-refractivity contribution in [2.24, 2.45) is 5.73 Å². The van der Waals surface area contributed by atoms with Crippen LogP contribution in [0.4, 0.5) is 22.2 Å². The van der Waals surface area contributed by atoms with Crippen molar-refractivity contribution in [3.63, 3.8) is 0 Å². The van der Waals surface area contributed by atoms with Crippen LogP contribution in [0.1, 0.15) is 46.3 Å². The number of carboxylic acids is 1. The summed E-state index contributed by atoms with van der Waals surface area (Å²) in [4.78, 5) is 30.9. The highest BCUT2D eigenvalue weighted by atomic mass is 32.1. The fourth-order valence-corrected chi connectivity index (χ4v) is 5.10. The van der Waals surface area contributed by atoms with Gasteiger partial charge in [-0.3, -0.25) is 4.79 Å². The van der Waals surface area contributed by atoms with Gasteiger partial charge in [0.1, 0.15) is 10.6 Å². The lowest BCUT2D eigenvalue weighted by molar-refractivity contribution is 0.0703. The zero-order valence-corrected chi connectivity index (χ0v) is 19.3. The van der Waals surface area contributed by atoms with Gasteiger partial charge in [0.15, 0.2) is 5.13 Å². The predicted octanol–water partition coefficient (Wildman–Crippen LogP) is 4.61. The van der Waals surface area contributed by atoms with E-state index in [4.69, 9.17) is 5.73 Å². The number of benzene rings is 1. The summed E-state index contributed by atoms with van der Waals surface area (Å²) in [6, 6.07) is 9.41. The van der Waals surface area contributed by atoms with Crippen molar-refractivity contribution >= 4 is 56.7 Å². The van der Waals surface area contributed by atoms with Crippen molar-refractivity contribution in [2.75, 3.05) is 28.6 Å². The number of carbonyl (C=O) groups is 2. The molecule has 8 nitrogen and oxygen atoms in total. The summed E-state index contributed by atoms with van der Waals surface area (Å²) in [7, 11) is 0. The summed E-state index contributed by atoms with van der Waals surface area (Å²) in [5.74, 6) is -1.32. The van der Waals surface area contributed by atoms with Gasteiger partial charge >= 0.3 is 5.97 Å². The van der Waals surface area contributed by atoms with Crippen molar-refractivity contribution < 1.29 is 14.7 Å². The molecule has 1 aliphatic heterocycles. The quantitative estimate of drug-likeness (QED) is 0.397. The normalized spacial score (nSPS) is 15.4. The number of amides is 1. The van der Waals surface area contributed by atoms with Gasteiger partial charge in [0, 0.05) is 24.0 Å². The molecule has 1 aromatic carbocycles. The number of nitrogens with two attached hydrogens (primary N) is 1. The van der Waals surface area contributed by atoms with Crippen LogP contribution in [0.5, 0.6) is 0 Å². The van der Waals surface area contributed by atoms with E-state index in [1.54, 1.807) is 16.8 Å². The van der Waals surface area contributed by atoms with Crippen LogP contribution in [0.25, 0.3) is 0 Å². The minimum absolute atomic E-state index is 0.109. The Morgan fingerprint density at radius 1 is 1.19 bits per heavy atom. The number of thiazole rings is 1. The molecule has 0 aliphatic carbocycles. The van der Waals surface area contributed by atoms with E-state index < -0.39 is 5.97 Å². The minimum Gasteiger partial charge on any atom is -0.477 e. The summed E-state index contributed by atoms with van der Waals surface area (Å²) in [5, 5.41) is 19.0. The molecule has 168 valence electrons. The number of rotatable bonds is 7. The summed E-state index contributed by atoms with van der Waals surface area (Å²) >= 11 is 2.38. The van der Waals surface area contributed by atoms with Crippen LogP contribution in [0, 0.1) is 0 Å². The number of hydrogen-bond acceptors (Lipinski definition) is 8. The van der Waals surface area contributed by atoms with E-state index in [2.05, 4.69) is 27.4 Å². The van der Waals surface area contributed by atoms with Crippen molar-refractivity contribution in [1.29, 1.82) is 0 Å². The molecule has 1 aliphatic rings. The second kappa shape index (κ2) is 9.27. The molecule has 1 amide bonds. The minimum atomic E-state index is -1.00. The van der Waals surface area contributed by atoms with Crippen LogP contribution in [-0.4, -0.2) is 40.6 Å². The van der Waals surface area contributed by atoms with Crippen LogP contribution in [0.15, 0.2) is 41.1 Å². The molecule has 5 N–H and O–H groups in total. The fraction of sp³-hybridized carbons (Fsp3) is 0.318. The molecule has 1 saturated heterocycles. The number of aromatic carboxylic acids is 1. The SMILES string of the molecule is CCC1(N)CCN(c2ccccc2NC(=O)c2csc(Nc3ccsc3C(=O)O)n2)CC1. The maximum atomic E-state index is 12.9. The highest BCUT2D eigenvalue weighted by Crippen LogP contribution is 2.32. The molecule has 0 radical (unpaired) electrons. The first-order valence-corrected chi connectivity index (χ1v) is 12.1. The van der Waals surface area contributed by atoms with Crippen LogP contribution in [-0.2, 0) is 0 Å². The van der Waals surface area contributed by atoms with Gasteiger partial charge < -0.3 is 26.4 Å². The van der Waals surface area contributed by atoms with E-state index in [1.165, 1.54) is 11.3 Å². The molecule has 3 heterocycles. The van der Waals surface area contributed by atoms with Crippen LogP contribution < -0.4 is 21.3 Å². The van der Waals surface area contributed by atoms with Crippen molar-refractivity contribution in [2.45, 2.75) is 31.7 Å². The number of thiophene rings is 1. The number of carboxylic acid groups (broad SMARTS) is 1. The number of carbonyl (C=O) groups excluding carboxylic acids is 1. The highest BCUT2D eigenvalue weighted by Gasteiger charge is 2.29. The molecule has 4 rings (SSSR count). The monoisotopic (exact) mass is 471 g/mol. The number of anilines is 4. The lowest BCUT2D eigenvalue weighted by Gasteiger charge is -2.40. The Hall–Kier alpha value is -2.95. The average molecular weight is 472 g/mol. The largest absolute Gasteiger partial charge is 0.477 e. The second-order valence-corrected chi connectivity index (χ2v) is 9.58. The summed E-state index contributed by atoms with van der Waals surface area (Å²) in [6.45, 7) is 3.81. The Kier molecular flexibility index (Phi) is 6.45. The standard InChI is InChI=1S/C22H25N5O3S2/c1-2-22(23)8-10-27(11-9-22)17-6-4-3-5-14(17)24-19(28)16-13-32-21(26-16)25-15-7-12-31-18(15)20(29)30/h3-7,12-13H,2,8-11,23H2,1H3,(H,24,28)(H,25,26)(H,29,30). The van der Waals surface area contributed by atoms with Gasteiger partial charge in [0.25, 0.3) is 5.91 Å². The summed E-state index contributed by atoms with van der Waals surface area (Å²) < 4.78 is 0. The first-order chi connectivity index (χ1) is 15.4. The number of hydrogen-bond donors (Lipinski definition) is 4. The molecule has 0 spiro atoms. The molecular weight excluding hydrogens is 446 g/mol. The maximum absolute atomic E-state index is 12.9. The van der Waals surface area contributed by atoms with Crippen LogP contribution >= 0.6 is 22.7 Å². The zero-order valence-electron chi connectivity index (χ0n) is 17.6. The number of nitrogens with one attached hydrogen (secondary N) is 2. The van der Waals surface area contributed by atoms with Gasteiger partial charge in [0.05, 0.1) is 17.1 Å². The third-order valence-electron chi connectivity index (χ3n) is 5.79. The Labute approximate surface area is 194 Å². The fourth-order valence-electron chi connectivity index (χ4n) is 3.71. The molecule has 0 saturated carbocycles. The first-order valence-electron chi connectivity index (χ1n) is 10.4. The van der Waals surface area contributed by atoms with Gasteiger partial charge in [-0.25, -0.2) is 9.78 Å². The highest BCUT2D eigenvalue weighted by molar-refractivity contribution is 7.14. The summed E-state index contributed by atoms with van der Waals surface area (Å²) in [6.07, 6.45) is 2.78. The molecule has 2 aromatic heterocycles. The summed E-state index contributed by atoms with van der Waals surface area (Å²) in [5.41, 5.74) is 8.75. The molecule has 0 unspecified atom stereocenters. The van der Waals surface area contributed by atoms with E-state index in [1.807, 2.05) is 24.3 Å². The van der Waals surface area contributed by atoms with Crippen molar-refractivity contribution in [3.05, 3.63) is 51.7 Å². The molecule has 3 aromatic rings. The number of piperidine rings is 1. The van der Waals surface area contributed by atoms with E-state index in [0.717, 1.165) is 55.1 Å². The third kappa shape index (κ3) is 4.77. The maximum Gasteiger partial charge on any atom is 0.348 e. The Morgan fingerprint density at radius 2 is 1.94 bits per heavy atom. The van der Waals surface area contributed by atoms with Crippen LogP contribution in [0.2, 0.25) is 0 Å². The van der Waals surface area contributed by atoms with E-state index >= 15 is 0 Å². The number of para-hydroxylation sites is 2. The van der Waals surface area contributed by atoms with E-state index in [0.29, 0.717) is 10.8 Å². The van der Waals surface area contributed by atoms with Gasteiger partial charge in [-0.15, -0.1) is 22.7 Å². The Bertz CT molecular complexity index is 1120. The van der Waals surface area contributed by atoms with Crippen molar-refractivity contribution in [1.82, 2.24) is 4.98 Å². The lowest BCUT2D eigenvalue weighted by atomic mass is 9.86. The van der Waals surface area contributed by atoms with Gasteiger partial charge in [-0.1, -0.05) is 19.1 Å². The molecule has 1 fully saturated rings. The smallest absolute Gasteiger partial charge is 0.348 e. The van der Waals surface area contributed by atoms with Gasteiger partial charge in [0.2, 0.25) is 0 Å². The van der Waals surface area contributed by atoms with Crippen LogP contribution in [0.3, 0.4) is 0 Å². The lowest BCUT2D eigenvalue weighted by Crippen LogP contribution is -2.50. The van der Waals surface area contributed by atoms with Gasteiger partial charge in [-0.2, -0.15) is 0 Å². The Morgan fingerprint density at radius 3 is 2.66 bits per heavy atom. The van der Waals surface area contributed by atoms with E-state index in [9.17, 15) is 14.7 Å². The van der Waals surface area contributed by atoms with Gasteiger partial charge in [-0.05, 0) is 42.8 Å². The molecule has 0 bridgehead atoms. The number of aromatic nitrogens is 1. The van der Waals surface area contributed by atoms with E-state index in [-0.39, 0.29) is 22.0 Å². The molecule has 0 atom stereocenters. The first kappa shape index (κ1) is 22.3. The molecule has 10 heteroatoms. The van der Waals surface area contributed by atoms with Crippen molar-refractivity contribution in [3.8, 4) is 0 Å². The predicted molar refractivity (Wildman–Crippen MR) is 130 cm³/mol. The second-order valence-electron chi connectivity index (χ2n) is 7.81. The number of nitrogens with zero attached hydrogens (tertiary/aromatic N) is 2. The molecular formula is C22H25N5O3S2. The third-order valence-corrected chi connectivity index (χ3v) is 7.45. The zero-order chi connectivity index (χ0) is 22.7. The Balaban J connectivity index is 1.45. The average Bonchev–Trinajstić information content (AvgIpc) is 3.45.